The zero-order valence-corrected chi connectivity index (χ0v) is 11.4. The zero-order valence-electron chi connectivity index (χ0n) is 10.6. The largest absolute Gasteiger partial charge is 0.333 e. The van der Waals surface area contributed by atoms with E-state index in [9.17, 15) is 4.39 Å². The molecule has 0 aliphatic heterocycles. The molecule has 1 atom stereocenters. The Morgan fingerprint density at radius 1 is 1.53 bits per heavy atom. The Hall–Kier alpha value is -1.43. The molecule has 0 bridgehead atoms. The Morgan fingerprint density at radius 2 is 2.32 bits per heavy atom. The number of hydrogen-bond acceptors (Lipinski definition) is 3. The van der Waals surface area contributed by atoms with Gasteiger partial charge >= 0.3 is 0 Å². The fourth-order valence-electron chi connectivity index (χ4n) is 2.06. The van der Waals surface area contributed by atoms with E-state index in [2.05, 4.69) is 17.3 Å². The van der Waals surface area contributed by atoms with E-state index in [4.69, 9.17) is 17.4 Å². The second kappa shape index (κ2) is 6.14. The summed E-state index contributed by atoms with van der Waals surface area (Å²) in [7, 11) is 0. The third-order valence-electron chi connectivity index (χ3n) is 2.93. The van der Waals surface area contributed by atoms with Gasteiger partial charge in [0.05, 0.1) is 5.02 Å². The van der Waals surface area contributed by atoms with Gasteiger partial charge in [0, 0.05) is 24.5 Å². The molecule has 1 aromatic carbocycles. The summed E-state index contributed by atoms with van der Waals surface area (Å²) in [6.07, 6.45) is 4.49. The molecule has 2 rings (SSSR count). The average molecular weight is 283 g/mol. The van der Waals surface area contributed by atoms with Gasteiger partial charge in [-0.15, -0.1) is 0 Å². The number of aryl methyl sites for hydroxylation is 1. The summed E-state index contributed by atoms with van der Waals surface area (Å²) in [6, 6.07) is 4.32. The predicted octanol–water partition coefficient (Wildman–Crippen LogP) is 2.64. The van der Waals surface area contributed by atoms with Crippen LogP contribution in [0.5, 0.6) is 0 Å². The molecule has 0 amide bonds. The molecule has 1 aromatic heterocycles. The Labute approximate surface area is 116 Å². The summed E-state index contributed by atoms with van der Waals surface area (Å²) < 4.78 is 16.0. The van der Waals surface area contributed by atoms with Crippen molar-refractivity contribution >= 4 is 11.6 Å². The summed E-state index contributed by atoms with van der Waals surface area (Å²) in [5.74, 6) is 5.76. The van der Waals surface area contributed by atoms with Crippen LogP contribution in [0, 0.1) is 5.82 Å². The molecule has 0 aliphatic carbocycles. The number of aromatic nitrogens is 2. The SMILES string of the molecule is CCCn1ccnc1C(NN)c1cccc(Cl)c1F. The predicted molar refractivity (Wildman–Crippen MR) is 73.1 cm³/mol. The van der Waals surface area contributed by atoms with Gasteiger partial charge in [-0.1, -0.05) is 30.7 Å². The number of benzene rings is 1. The molecule has 19 heavy (non-hydrogen) atoms. The highest BCUT2D eigenvalue weighted by molar-refractivity contribution is 6.30. The zero-order chi connectivity index (χ0) is 13.8. The third kappa shape index (κ3) is 2.78. The van der Waals surface area contributed by atoms with Crippen LogP contribution in [0.1, 0.15) is 30.8 Å². The van der Waals surface area contributed by atoms with Crippen molar-refractivity contribution in [1.29, 1.82) is 0 Å². The number of hydrazine groups is 1. The molecule has 0 spiro atoms. The lowest BCUT2D eigenvalue weighted by molar-refractivity contribution is 0.515. The Morgan fingerprint density at radius 3 is 3.00 bits per heavy atom. The second-order valence-corrected chi connectivity index (χ2v) is 4.63. The van der Waals surface area contributed by atoms with Crippen molar-refractivity contribution in [3.8, 4) is 0 Å². The second-order valence-electron chi connectivity index (χ2n) is 4.22. The van der Waals surface area contributed by atoms with Crippen LogP contribution in [0.4, 0.5) is 4.39 Å². The number of rotatable bonds is 5. The van der Waals surface area contributed by atoms with Crippen molar-refractivity contribution in [1.82, 2.24) is 15.0 Å². The van der Waals surface area contributed by atoms with Gasteiger partial charge < -0.3 is 4.57 Å². The van der Waals surface area contributed by atoms with Gasteiger partial charge in [0.1, 0.15) is 17.7 Å². The molecule has 0 radical (unpaired) electrons. The molecule has 1 heterocycles. The van der Waals surface area contributed by atoms with Crippen LogP contribution in [0.15, 0.2) is 30.6 Å². The number of nitrogens with zero attached hydrogens (tertiary/aromatic N) is 2. The molecule has 0 saturated carbocycles. The van der Waals surface area contributed by atoms with Crippen LogP contribution in [0.3, 0.4) is 0 Å². The van der Waals surface area contributed by atoms with E-state index in [1.165, 1.54) is 6.07 Å². The van der Waals surface area contributed by atoms with Crippen molar-refractivity contribution < 1.29 is 4.39 Å². The van der Waals surface area contributed by atoms with Crippen molar-refractivity contribution in [3.05, 3.63) is 52.8 Å². The minimum absolute atomic E-state index is 0.0753. The molecular weight excluding hydrogens is 267 g/mol. The van der Waals surface area contributed by atoms with E-state index >= 15 is 0 Å². The van der Waals surface area contributed by atoms with E-state index in [0.29, 0.717) is 11.4 Å². The first kappa shape index (κ1) is 14.0. The van der Waals surface area contributed by atoms with E-state index in [1.54, 1.807) is 18.3 Å². The molecule has 2 aromatic rings. The topological polar surface area (TPSA) is 55.9 Å². The first-order valence-electron chi connectivity index (χ1n) is 6.10. The number of nitrogens with two attached hydrogens (primary N) is 1. The Balaban J connectivity index is 2.44. The summed E-state index contributed by atoms with van der Waals surface area (Å²) in [5, 5.41) is 0.0753. The molecule has 0 saturated heterocycles. The maximum absolute atomic E-state index is 14.1. The monoisotopic (exact) mass is 282 g/mol. The van der Waals surface area contributed by atoms with E-state index < -0.39 is 11.9 Å². The number of hydrogen-bond donors (Lipinski definition) is 2. The fraction of sp³-hybridized carbons (Fsp3) is 0.308. The lowest BCUT2D eigenvalue weighted by Gasteiger charge is -2.18. The molecule has 0 aliphatic rings. The molecule has 4 nitrogen and oxygen atoms in total. The van der Waals surface area contributed by atoms with Gasteiger partial charge in [-0.3, -0.25) is 5.84 Å². The van der Waals surface area contributed by atoms with Gasteiger partial charge in [0.2, 0.25) is 0 Å². The van der Waals surface area contributed by atoms with Crippen molar-refractivity contribution in [2.24, 2.45) is 5.84 Å². The van der Waals surface area contributed by atoms with E-state index in [0.717, 1.165) is 13.0 Å². The molecule has 1 unspecified atom stereocenters. The van der Waals surface area contributed by atoms with E-state index in [1.807, 2.05) is 10.8 Å². The van der Waals surface area contributed by atoms with Crippen LogP contribution in [-0.4, -0.2) is 9.55 Å². The van der Waals surface area contributed by atoms with Crippen molar-refractivity contribution in [2.75, 3.05) is 0 Å². The van der Waals surface area contributed by atoms with Gasteiger partial charge in [0.25, 0.3) is 0 Å². The fourth-order valence-corrected chi connectivity index (χ4v) is 2.24. The van der Waals surface area contributed by atoms with Crippen LogP contribution in [0.2, 0.25) is 5.02 Å². The highest BCUT2D eigenvalue weighted by Gasteiger charge is 2.22. The molecule has 6 heteroatoms. The van der Waals surface area contributed by atoms with Gasteiger partial charge in [-0.25, -0.2) is 14.8 Å². The molecular formula is C13H16ClFN4. The minimum Gasteiger partial charge on any atom is -0.333 e. The van der Waals surface area contributed by atoms with Gasteiger partial charge in [-0.2, -0.15) is 0 Å². The maximum Gasteiger partial charge on any atom is 0.147 e. The summed E-state index contributed by atoms with van der Waals surface area (Å²) in [6.45, 7) is 2.87. The van der Waals surface area contributed by atoms with Crippen molar-refractivity contribution in [3.63, 3.8) is 0 Å². The van der Waals surface area contributed by atoms with Crippen LogP contribution in [0.25, 0.3) is 0 Å². The molecule has 3 N–H and O–H groups in total. The van der Waals surface area contributed by atoms with Crippen molar-refractivity contribution in [2.45, 2.75) is 25.9 Å². The number of halogens is 2. The van der Waals surface area contributed by atoms with Gasteiger partial charge in [0.15, 0.2) is 0 Å². The van der Waals surface area contributed by atoms with Crippen LogP contribution >= 0.6 is 11.6 Å². The first-order chi connectivity index (χ1) is 9.19. The average Bonchev–Trinajstić information content (AvgIpc) is 2.84. The summed E-state index contributed by atoms with van der Waals surface area (Å²) in [5.41, 5.74) is 2.99. The lowest BCUT2D eigenvalue weighted by atomic mass is 10.1. The molecule has 102 valence electrons. The first-order valence-corrected chi connectivity index (χ1v) is 6.47. The van der Waals surface area contributed by atoms with Gasteiger partial charge in [-0.05, 0) is 12.5 Å². The normalized spacial score (nSPS) is 12.6. The van der Waals surface area contributed by atoms with Crippen LogP contribution < -0.4 is 11.3 Å². The summed E-state index contributed by atoms with van der Waals surface area (Å²) in [4.78, 5) is 4.26. The maximum atomic E-state index is 14.1. The van der Waals surface area contributed by atoms with E-state index in [-0.39, 0.29) is 5.02 Å². The minimum atomic E-state index is -0.528. The highest BCUT2D eigenvalue weighted by Crippen LogP contribution is 2.27. The standard InChI is InChI=1S/C13H16ClFN4/c1-2-7-19-8-6-17-13(19)12(18-16)9-4-3-5-10(14)11(9)15/h3-6,8,12,18H,2,7,16H2,1H3. The van der Waals surface area contributed by atoms with Crippen LogP contribution in [-0.2, 0) is 6.54 Å². The smallest absolute Gasteiger partial charge is 0.147 e. The highest BCUT2D eigenvalue weighted by atomic mass is 35.5. The molecule has 0 fully saturated rings. The quantitative estimate of drug-likeness (QED) is 0.655. The third-order valence-corrected chi connectivity index (χ3v) is 3.22. The number of nitrogens with one attached hydrogen (secondary N) is 1. The number of imidazole rings is 1. The Bertz CT molecular complexity index is 555. The lowest BCUT2D eigenvalue weighted by Crippen LogP contribution is -2.31. The summed E-state index contributed by atoms with van der Waals surface area (Å²) >= 11 is 5.81. The Kier molecular flexibility index (Phi) is 4.52.